The van der Waals surface area contributed by atoms with Crippen molar-refractivity contribution in [2.75, 3.05) is 20.3 Å². The van der Waals surface area contributed by atoms with Gasteiger partial charge in [0.15, 0.2) is 0 Å². The molecule has 0 radical (unpaired) electrons. The molecular formula is C11H16ClNO4S. The maximum absolute atomic E-state index is 11.1. The summed E-state index contributed by atoms with van der Waals surface area (Å²) in [6, 6.07) is 4.14. The van der Waals surface area contributed by atoms with E-state index in [4.69, 9.17) is 26.2 Å². The van der Waals surface area contributed by atoms with Crippen molar-refractivity contribution in [3.05, 3.63) is 23.2 Å². The quantitative estimate of drug-likeness (QED) is 0.777. The predicted molar refractivity (Wildman–Crippen MR) is 69.4 cm³/mol. The Balaban J connectivity index is 2.58. The molecule has 0 fully saturated rings. The predicted octanol–water partition coefficient (Wildman–Crippen LogP) is 1.79. The van der Waals surface area contributed by atoms with Crippen LogP contribution in [0.1, 0.15) is 12.8 Å². The monoisotopic (exact) mass is 293 g/mol. The van der Waals surface area contributed by atoms with Crippen molar-refractivity contribution in [2.45, 2.75) is 17.7 Å². The lowest BCUT2D eigenvalue weighted by atomic mass is 10.3. The highest BCUT2D eigenvalue weighted by Gasteiger charge is 2.11. The van der Waals surface area contributed by atoms with E-state index in [1.165, 1.54) is 18.2 Å². The van der Waals surface area contributed by atoms with E-state index in [2.05, 4.69) is 0 Å². The molecule has 1 aromatic rings. The normalized spacial score (nSPS) is 11.5. The SMILES string of the molecule is COCCCCOc1ccc(S(N)(=O)=O)cc1Cl. The van der Waals surface area contributed by atoms with E-state index in [0.717, 1.165) is 12.8 Å². The third kappa shape index (κ3) is 4.81. The second-order valence-electron chi connectivity index (χ2n) is 3.69. The van der Waals surface area contributed by atoms with Gasteiger partial charge in [-0.2, -0.15) is 0 Å². The highest BCUT2D eigenvalue weighted by molar-refractivity contribution is 7.89. The first-order chi connectivity index (χ1) is 8.45. The molecule has 1 rings (SSSR count). The maximum atomic E-state index is 11.1. The van der Waals surface area contributed by atoms with Crippen LogP contribution in [0.5, 0.6) is 5.75 Å². The number of primary sulfonamides is 1. The van der Waals surface area contributed by atoms with Gasteiger partial charge in [0.2, 0.25) is 10.0 Å². The van der Waals surface area contributed by atoms with E-state index in [-0.39, 0.29) is 9.92 Å². The Hall–Kier alpha value is -0.820. The number of halogens is 1. The summed E-state index contributed by atoms with van der Waals surface area (Å²) >= 11 is 5.91. The fourth-order valence-electron chi connectivity index (χ4n) is 1.31. The van der Waals surface area contributed by atoms with Crippen LogP contribution in [-0.2, 0) is 14.8 Å². The first-order valence-corrected chi connectivity index (χ1v) is 7.31. The number of methoxy groups -OCH3 is 1. The summed E-state index contributed by atoms with van der Waals surface area (Å²) in [5.41, 5.74) is 0. The number of hydrogen-bond donors (Lipinski definition) is 1. The summed E-state index contributed by atoms with van der Waals surface area (Å²) in [6.07, 6.45) is 1.73. The number of ether oxygens (including phenoxy) is 2. The molecule has 0 heterocycles. The number of nitrogens with two attached hydrogens (primary N) is 1. The standard InChI is InChI=1S/C11H16ClNO4S/c1-16-6-2-3-7-17-11-5-4-9(8-10(11)12)18(13,14)15/h4-5,8H,2-3,6-7H2,1H3,(H2,13,14,15). The number of unbranched alkanes of at least 4 members (excludes halogenated alkanes) is 1. The summed E-state index contributed by atoms with van der Waals surface area (Å²) in [4.78, 5) is -0.0285. The molecule has 0 aliphatic heterocycles. The molecule has 0 aliphatic carbocycles. The molecule has 0 aromatic heterocycles. The van der Waals surface area contributed by atoms with Gasteiger partial charge < -0.3 is 9.47 Å². The largest absolute Gasteiger partial charge is 0.492 e. The molecule has 102 valence electrons. The van der Waals surface area contributed by atoms with Gasteiger partial charge in [-0.25, -0.2) is 13.6 Å². The van der Waals surface area contributed by atoms with E-state index in [9.17, 15) is 8.42 Å². The fourth-order valence-corrected chi connectivity index (χ4v) is 2.15. The lowest BCUT2D eigenvalue weighted by molar-refractivity contribution is 0.184. The molecule has 1 aromatic carbocycles. The highest BCUT2D eigenvalue weighted by atomic mass is 35.5. The fraction of sp³-hybridized carbons (Fsp3) is 0.455. The van der Waals surface area contributed by atoms with Gasteiger partial charge in [0.05, 0.1) is 16.5 Å². The summed E-state index contributed by atoms with van der Waals surface area (Å²) in [5, 5.41) is 5.22. The van der Waals surface area contributed by atoms with Gasteiger partial charge in [0, 0.05) is 13.7 Å². The average molecular weight is 294 g/mol. The topological polar surface area (TPSA) is 78.6 Å². The van der Waals surface area contributed by atoms with Crippen LogP contribution in [-0.4, -0.2) is 28.7 Å². The maximum Gasteiger partial charge on any atom is 0.238 e. The third-order valence-corrected chi connectivity index (χ3v) is 3.44. The summed E-state index contributed by atoms with van der Waals surface area (Å²) in [6.45, 7) is 1.18. The third-order valence-electron chi connectivity index (χ3n) is 2.23. The van der Waals surface area contributed by atoms with Gasteiger partial charge in [-0.15, -0.1) is 0 Å². The number of rotatable bonds is 7. The van der Waals surface area contributed by atoms with Crippen molar-refractivity contribution in [3.63, 3.8) is 0 Å². The van der Waals surface area contributed by atoms with Gasteiger partial charge in [-0.1, -0.05) is 11.6 Å². The average Bonchev–Trinajstić information content (AvgIpc) is 2.29. The Morgan fingerprint density at radius 2 is 1.94 bits per heavy atom. The minimum Gasteiger partial charge on any atom is -0.492 e. The van der Waals surface area contributed by atoms with Gasteiger partial charge in [-0.3, -0.25) is 0 Å². The van der Waals surface area contributed by atoms with Crippen molar-refractivity contribution in [2.24, 2.45) is 5.14 Å². The van der Waals surface area contributed by atoms with Crippen LogP contribution in [0.2, 0.25) is 5.02 Å². The van der Waals surface area contributed by atoms with Gasteiger partial charge in [0.25, 0.3) is 0 Å². The lowest BCUT2D eigenvalue weighted by Gasteiger charge is -2.08. The van der Waals surface area contributed by atoms with Crippen LogP contribution < -0.4 is 9.88 Å². The molecule has 0 saturated heterocycles. The van der Waals surface area contributed by atoms with Crippen molar-refractivity contribution < 1.29 is 17.9 Å². The molecule has 0 amide bonds. The Bertz CT molecular complexity index is 490. The van der Waals surface area contributed by atoms with E-state index >= 15 is 0 Å². The van der Waals surface area contributed by atoms with Gasteiger partial charge >= 0.3 is 0 Å². The number of sulfonamides is 1. The number of hydrogen-bond acceptors (Lipinski definition) is 4. The Morgan fingerprint density at radius 3 is 2.50 bits per heavy atom. The van der Waals surface area contributed by atoms with Crippen molar-refractivity contribution in [1.82, 2.24) is 0 Å². The molecule has 0 bridgehead atoms. The zero-order chi connectivity index (χ0) is 13.6. The Labute approximate surface area is 112 Å². The summed E-state index contributed by atoms with van der Waals surface area (Å²) < 4.78 is 32.5. The molecule has 0 spiro atoms. The van der Waals surface area contributed by atoms with Gasteiger partial charge in [0.1, 0.15) is 5.75 Å². The van der Waals surface area contributed by atoms with Crippen LogP contribution in [0.3, 0.4) is 0 Å². The zero-order valence-corrected chi connectivity index (χ0v) is 11.6. The first kappa shape index (κ1) is 15.2. The molecule has 5 nitrogen and oxygen atoms in total. The minimum atomic E-state index is -3.73. The van der Waals surface area contributed by atoms with Crippen LogP contribution in [0.25, 0.3) is 0 Å². The second-order valence-corrected chi connectivity index (χ2v) is 5.65. The van der Waals surface area contributed by atoms with Crippen LogP contribution in [0, 0.1) is 0 Å². The minimum absolute atomic E-state index is 0.0285. The molecule has 0 unspecified atom stereocenters. The molecule has 18 heavy (non-hydrogen) atoms. The molecule has 0 aliphatic rings. The zero-order valence-electron chi connectivity index (χ0n) is 10.1. The van der Waals surface area contributed by atoms with Crippen LogP contribution >= 0.6 is 11.6 Å². The molecular weight excluding hydrogens is 278 g/mol. The van der Waals surface area contributed by atoms with Crippen molar-refractivity contribution >= 4 is 21.6 Å². The molecule has 0 saturated carbocycles. The molecule has 7 heteroatoms. The van der Waals surface area contributed by atoms with E-state index in [1.54, 1.807) is 7.11 Å². The van der Waals surface area contributed by atoms with E-state index < -0.39 is 10.0 Å². The lowest BCUT2D eigenvalue weighted by Crippen LogP contribution is -2.12. The molecule has 2 N–H and O–H groups in total. The number of benzene rings is 1. The smallest absolute Gasteiger partial charge is 0.238 e. The van der Waals surface area contributed by atoms with Crippen LogP contribution in [0.15, 0.2) is 23.1 Å². The van der Waals surface area contributed by atoms with Gasteiger partial charge in [-0.05, 0) is 31.0 Å². The second kappa shape index (κ2) is 6.94. The Morgan fingerprint density at radius 1 is 1.28 bits per heavy atom. The Kier molecular flexibility index (Phi) is 5.87. The summed E-state index contributed by atoms with van der Waals surface area (Å²) in [7, 11) is -2.09. The summed E-state index contributed by atoms with van der Waals surface area (Å²) in [5.74, 6) is 0.446. The van der Waals surface area contributed by atoms with E-state index in [0.29, 0.717) is 19.0 Å². The highest BCUT2D eigenvalue weighted by Crippen LogP contribution is 2.27. The molecule has 0 atom stereocenters. The van der Waals surface area contributed by atoms with Crippen LogP contribution in [0.4, 0.5) is 0 Å². The van der Waals surface area contributed by atoms with Crippen molar-refractivity contribution in [1.29, 1.82) is 0 Å². The van der Waals surface area contributed by atoms with Crippen molar-refractivity contribution in [3.8, 4) is 5.75 Å². The van der Waals surface area contributed by atoms with E-state index in [1.807, 2.05) is 0 Å². The first-order valence-electron chi connectivity index (χ1n) is 5.39.